The number of aliphatic carboxylic acids is 1. The van der Waals surface area contributed by atoms with Gasteiger partial charge in [0.15, 0.2) is 5.78 Å². The predicted octanol–water partition coefficient (Wildman–Crippen LogP) is -0.595. The van der Waals surface area contributed by atoms with Crippen LogP contribution in [0.2, 0.25) is 0 Å². The van der Waals surface area contributed by atoms with Gasteiger partial charge in [-0.2, -0.15) is 0 Å². The Kier molecular flexibility index (Phi) is 3.29. The van der Waals surface area contributed by atoms with Crippen molar-refractivity contribution in [3.05, 3.63) is 0 Å². The number of rotatable bonds is 3. The van der Waals surface area contributed by atoms with E-state index in [-0.39, 0.29) is 5.78 Å². The minimum atomic E-state index is -1.51. The predicted molar refractivity (Wildman–Crippen MR) is 64.8 cm³/mol. The summed E-state index contributed by atoms with van der Waals surface area (Å²) in [6.07, 6.45) is 0.659. The molecule has 88 valence electrons. The van der Waals surface area contributed by atoms with Crippen molar-refractivity contribution in [2.45, 2.75) is 17.3 Å². The van der Waals surface area contributed by atoms with Crippen molar-refractivity contribution in [2.24, 2.45) is 0 Å². The second-order valence-electron chi connectivity index (χ2n) is 3.73. The van der Waals surface area contributed by atoms with Gasteiger partial charge in [-0.05, 0) is 6.42 Å². The average molecular weight is 260 g/mol. The Balaban J connectivity index is 2.24. The Morgan fingerprint density at radius 2 is 2.25 bits per heavy atom. The maximum absolute atomic E-state index is 12.2. The number of ketones is 1. The van der Waals surface area contributed by atoms with Gasteiger partial charge in [0.2, 0.25) is 4.87 Å². The Labute approximate surface area is 102 Å². The van der Waals surface area contributed by atoms with E-state index in [2.05, 4.69) is 10.6 Å². The van der Waals surface area contributed by atoms with Crippen molar-refractivity contribution in [1.29, 1.82) is 0 Å². The number of thiocarbonyl (C=S) groups is 1. The zero-order valence-corrected chi connectivity index (χ0v) is 10.1. The molecule has 0 aromatic heterocycles. The highest BCUT2D eigenvalue weighted by Gasteiger charge is 2.52. The SMILES string of the molecule is O=C(O)C1(C(=O)C2NCCC2=S)NCCS1. The van der Waals surface area contributed by atoms with Crippen molar-refractivity contribution < 1.29 is 14.7 Å². The van der Waals surface area contributed by atoms with Crippen molar-refractivity contribution >= 4 is 40.6 Å². The number of carboxylic acids is 1. The minimum absolute atomic E-state index is 0.370. The molecule has 0 spiro atoms. The molecule has 0 aliphatic carbocycles. The van der Waals surface area contributed by atoms with Gasteiger partial charge >= 0.3 is 5.97 Å². The number of Topliss-reactive ketones (excluding diaryl/α,β-unsaturated/α-hetero) is 1. The summed E-state index contributed by atoms with van der Waals surface area (Å²) < 4.78 is 0. The molecule has 2 aliphatic rings. The lowest BCUT2D eigenvalue weighted by molar-refractivity contribution is -0.145. The van der Waals surface area contributed by atoms with Gasteiger partial charge in [0.1, 0.15) is 6.04 Å². The molecule has 2 saturated heterocycles. The lowest BCUT2D eigenvalue weighted by Crippen LogP contribution is -2.58. The maximum Gasteiger partial charge on any atom is 0.342 e. The fourth-order valence-electron chi connectivity index (χ4n) is 1.92. The molecule has 2 atom stereocenters. The number of nitrogens with one attached hydrogen (secondary N) is 2. The molecule has 0 aromatic carbocycles. The molecule has 0 radical (unpaired) electrons. The van der Waals surface area contributed by atoms with Crippen LogP contribution < -0.4 is 10.6 Å². The first-order chi connectivity index (χ1) is 7.58. The summed E-state index contributed by atoms with van der Waals surface area (Å²) in [4.78, 5) is 22.6. The van der Waals surface area contributed by atoms with Crippen LogP contribution in [-0.2, 0) is 9.59 Å². The van der Waals surface area contributed by atoms with E-state index >= 15 is 0 Å². The van der Waals surface area contributed by atoms with Crippen LogP contribution in [0.15, 0.2) is 0 Å². The Bertz CT molecular complexity index is 353. The number of hydrogen-bond acceptors (Lipinski definition) is 6. The topological polar surface area (TPSA) is 78.4 Å². The van der Waals surface area contributed by atoms with Crippen LogP contribution in [0.4, 0.5) is 0 Å². The first-order valence-electron chi connectivity index (χ1n) is 5.01. The lowest BCUT2D eigenvalue weighted by atomic mass is 10.0. The highest BCUT2D eigenvalue weighted by atomic mass is 32.2. The molecule has 0 saturated carbocycles. The zero-order chi connectivity index (χ0) is 11.8. The third-order valence-corrected chi connectivity index (χ3v) is 4.55. The maximum atomic E-state index is 12.2. The number of carbonyl (C=O) groups is 2. The quantitative estimate of drug-likeness (QED) is 0.462. The minimum Gasteiger partial charge on any atom is -0.479 e. The summed E-state index contributed by atoms with van der Waals surface area (Å²) >= 11 is 6.21. The van der Waals surface area contributed by atoms with Crippen LogP contribution in [0, 0.1) is 0 Å². The van der Waals surface area contributed by atoms with Gasteiger partial charge < -0.3 is 10.4 Å². The number of carbonyl (C=O) groups excluding carboxylic acids is 1. The van der Waals surface area contributed by atoms with Gasteiger partial charge in [0.25, 0.3) is 0 Å². The molecule has 0 amide bonds. The van der Waals surface area contributed by atoms with Crippen molar-refractivity contribution in [2.75, 3.05) is 18.8 Å². The number of carboxylic acid groups (broad SMARTS) is 1. The van der Waals surface area contributed by atoms with Gasteiger partial charge in [-0.1, -0.05) is 12.2 Å². The first kappa shape index (κ1) is 12.0. The molecule has 2 rings (SSSR count). The molecule has 2 fully saturated rings. The molecule has 0 bridgehead atoms. The van der Waals surface area contributed by atoms with Gasteiger partial charge in [-0.15, -0.1) is 11.8 Å². The van der Waals surface area contributed by atoms with Crippen molar-refractivity contribution in [1.82, 2.24) is 10.6 Å². The Morgan fingerprint density at radius 1 is 1.50 bits per heavy atom. The molecular formula is C9H12N2O3S2. The molecule has 2 heterocycles. The second-order valence-corrected chi connectivity index (χ2v) is 5.56. The Morgan fingerprint density at radius 3 is 2.69 bits per heavy atom. The van der Waals surface area contributed by atoms with E-state index in [4.69, 9.17) is 12.2 Å². The van der Waals surface area contributed by atoms with E-state index in [0.717, 1.165) is 11.8 Å². The number of thioether (sulfide) groups is 1. The number of hydrogen-bond donors (Lipinski definition) is 3. The third kappa shape index (κ3) is 1.77. The third-order valence-electron chi connectivity index (χ3n) is 2.75. The van der Waals surface area contributed by atoms with E-state index in [9.17, 15) is 14.7 Å². The molecular weight excluding hydrogens is 248 g/mol. The van der Waals surface area contributed by atoms with Gasteiger partial charge in [-0.3, -0.25) is 10.1 Å². The van der Waals surface area contributed by atoms with Gasteiger partial charge in [0.05, 0.1) is 0 Å². The zero-order valence-electron chi connectivity index (χ0n) is 8.49. The van der Waals surface area contributed by atoms with Gasteiger partial charge in [-0.25, -0.2) is 4.79 Å². The summed E-state index contributed by atoms with van der Waals surface area (Å²) in [7, 11) is 0. The molecule has 3 N–H and O–H groups in total. The smallest absolute Gasteiger partial charge is 0.342 e. The molecule has 2 aliphatic heterocycles. The summed E-state index contributed by atoms with van der Waals surface area (Å²) in [5, 5.41) is 14.9. The second kappa shape index (κ2) is 4.40. The van der Waals surface area contributed by atoms with E-state index in [1.54, 1.807) is 0 Å². The van der Waals surface area contributed by atoms with Crippen LogP contribution in [0.25, 0.3) is 0 Å². The Hall–Kier alpha value is -0.500. The van der Waals surface area contributed by atoms with Crippen LogP contribution in [-0.4, -0.2) is 51.5 Å². The standard InChI is InChI=1S/C9H12N2O3S2/c12-7(6-5(15)1-2-10-6)9(8(13)14)11-3-4-16-9/h6,10-11H,1-4H2,(H,13,14). The fraction of sp³-hybridized carbons (Fsp3) is 0.667. The van der Waals surface area contributed by atoms with Gasteiger partial charge in [0, 0.05) is 23.7 Å². The van der Waals surface area contributed by atoms with Crippen molar-refractivity contribution in [3.8, 4) is 0 Å². The van der Waals surface area contributed by atoms with E-state index in [0.29, 0.717) is 30.1 Å². The summed E-state index contributed by atoms with van der Waals surface area (Å²) in [6.45, 7) is 1.18. The highest BCUT2D eigenvalue weighted by molar-refractivity contribution is 8.02. The fourth-order valence-corrected chi connectivity index (χ4v) is 3.31. The van der Waals surface area contributed by atoms with Crippen LogP contribution in [0.5, 0.6) is 0 Å². The first-order valence-corrected chi connectivity index (χ1v) is 6.40. The molecule has 5 nitrogen and oxygen atoms in total. The molecule has 7 heteroatoms. The average Bonchev–Trinajstić information content (AvgIpc) is 2.85. The van der Waals surface area contributed by atoms with Crippen molar-refractivity contribution in [3.63, 3.8) is 0 Å². The molecule has 0 aromatic rings. The largest absolute Gasteiger partial charge is 0.479 e. The van der Waals surface area contributed by atoms with E-state index < -0.39 is 16.9 Å². The van der Waals surface area contributed by atoms with Crippen LogP contribution in [0.1, 0.15) is 6.42 Å². The van der Waals surface area contributed by atoms with E-state index in [1.165, 1.54) is 0 Å². The monoisotopic (exact) mass is 260 g/mol. The summed E-state index contributed by atoms with van der Waals surface area (Å²) in [6, 6.07) is -0.593. The molecule has 2 unspecified atom stereocenters. The summed E-state index contributed by atoms with van der Waals surface area (Å²) in [5.74, 6) is -0.876. The van der Waals surface area contributed by atoms with E-state index in [1.807, 2.05) is 0 Å². The highest BCUT2D eigenvalue weighted by Crippen LogP contribution is 2.30. The normalized spacial score (nSPS) is 34.2. The summed E-state index contributed by atoms with van der Waals surface area (Å²) in [5.41, 5.74) is 0. The molecule has 16 heavy (non-hydrogen) atoms. The van der Waals surface area contributed by atoms with Crippen LogP contribution >= 0.6 is 24.0 Å². The van der Waals surface area contributed by atoms with Crippen LogP contribution in [0.3, 0.4) is 0 Å². The lowest BCUT2D eigenvalue weighted by Gasteiger charge is -2.25.